The standard InChI is InChI=1S/C18H19N3O3/c1-3-24-15-9-8-12(10-16(15)23-2)18(22)19-11-17-20-13-6-4-5-7-14(13)21-17/h4-10H,3,11H2,1-2H3,(H,19,22)(H,20,21). The van der Waals surface area contributed by atoms with Crippen LogP contribution in [-0.4, -0.2) is 29.6 Å². The highest BCUT2D eigenvalue weighted by atomic mass is 16.5. The number of benzene rings is 2. The Morgan fingerprint density at radius 3 is 2.79 bits per heavy atom. The first-order valence-electron chi connectivity index (χ1n) is 7.74. The Kier molecular flexibility index (Phi) is 4.65. The van der Waals surface area contributed by atoms with Gasteiger partial charge in [0.1, 0.15) is 5.82 Å². The van der Waals surface area contributed by atoms with Crippen LogP contribution in [0.2, 0.25) is 0 Å². The van der Waals surface area contributed by atoms with Crippen LogP contribution in [0.1, 0.15) is 23.1 Å². The molecule has 124 valence electrons. The van der Waals surface area contributed by atoms with Gasteiger partial charge >= 0.3 is 0 Å². The lowest BCUT2D eigenvalue weighted by Gasteiger charge is -2.11. The Labute approximate surface area is 139 Å². The van der Waals surface area contributed by atoms with E-state index < -0.39 is 0 Å². The Hall–Kier alpha value is -3.02. The van der Waals surface area contributed by atoms with E-state index in [0.29, 0.717) is 36.0 Å². The van der Waals surface area contributed by atoms with E-state index in [4.69, 9.17) is 9.47 Å². The summed E-state index contributed by atoms with van der Waals surface area (Å²) >= 11 is 0. The number of carbonyl (C=O) groups is 1. The third-order valence-corrected chi connectivity index (χ3v) is 3.58. The van der Waals surface area contributed by atoms with Crippen LogP contribution in [0.5, 0.6) is 11.5 Å². The molecule has 2 N–H and O–H groups in total. The smallest absolute Gasteiger partial charge is 0.251 e. The monoisotopic (exact) mass is 325 g/mol. The van der Waals surface area contributed by atoms with E-state index in [9.17, 15) is 4.79 Å². The summed E-state index contributed by atoms with van der Waals surface area (Å²) in [6.07, 6.45) is 0. The van der Waals surface area contributed by atoms with Gasteiger partial charge in [-0.1, -0.05) is 12.1 Å². The van der Waals surface area contributed by atoms with Gasteiger partial charge in [-0.15, -0.1) is 0 Å². The van der Waals surface area contributed by atoms with Crippen molar-refractivity contribution in [3.05, 3.63) is 53.9 Å². The zero-order valence-corrected chi connectivity index (χ0v) is 13.6. The van der Waals surface area contributed by atoms with Crippen molar-refractivity contribution in [2.75, 3.05) is 13.7 Å². The quantitative estimate of drug-likeness (QED) is 0.730. The molecule has 0 saturated carbocycles. The lowest BCUT2D eigenvalue weighted by atomic mass is 10.2. The van der Waals surface area contributed by atoms with E-state index in [0.717, 1.165) is 11.0 Å². The van der Waals surface area contributed by atoms with Gasteiger partial charge < -0.3 is 19.8 Å². The second-order valence-electron chi connectivity index (χ2n) is 5.18. The number of fused-ring (bicyclic) bond motifs is 1. The third-order valence-electron chi connectivity index (χ3n) is 3.58. The van der Waals surface area contributed by atoms with E-state index in [1.165, 1.54) is 0 Å². The maximum Gasteiger partial charge on any atom is 0.251 e. The van der Waals surface area contributed by atoms with Crippen molar-refractivity contribution in [2.24, 2.45) is 0 Å². The van der Waals surface area contributed by atoms with Gasteiger partial charge in [0.15, 0.2) is 11.5 Å². The number of para-hydroxylation sites is 2. The number of aromatic amines is 1. The Morgan fingerprint density at radius 2 is 2.04 bits per heavy atom. The van der Waals surface area contributed by atoms with Crippen molar-refractivity contribution in [3.8, 4) is 11.5 Å². The molecule has 6 heteroatoms. The van der Waals surface area contributed by atoms with Crippen LogP contribution in [0.3, 0.4) is 0 Å². The average Bonchev–Trinajstić information content (AvgIpc) is 3.03. The number of hydrogen-bond donors (Lipinski definition) is 2. The summed E-state index contributed by atoms with van der Waals surface area (Å²) < 4.78 is 10.7. The highest BCUT2D eigenvalue weighted by Crippen LogP contribution is 2.28. The summed E-state index contributed by atoms with van der Waals surface area (Å²) in [5.41, 5.74) is 2.33. The Morgan fingerprint density at radius 1 is 1.21 bits per heavy atom. The molecule has 0 spiro atoms. The van der Waals surface area contributed by atoms with Gasteiger partial charge in [0.25, 0.3) is 5.91 Å². The van der Waals surface area contributed by atoms with Gasteiger partial charge in [0, 0.05) is 5.56 Å². The number of amides is 1. The predicted octanol–water partition coefficient (Wildman–Crippen LogP) is 2.90. The first-order valence-corrected chi connectivity index (χ1v) is 7.74. The fourth-order valence-electron chi connectivity index (χ4n) is 2.44. The van der Waals surface area contributed by atoms with Crippen molar-refractivity contribution in [2.45, 2.75) is 13.5 Å². The molecule has 3 rings (SSSR count). The molecule has 1 amide bonds. The van der Waals surface area contributed by atoms with Crippen LogP contribution >= 0.6 is 0 Å². The number of rotatable bonds is 6. The number of imidazole rings is 1. The average molecular weight is 325 g/mol. The van der Waals surface area contributed by atoms with Crippen molar-refractivity contribution >= 4 is 16.9 Å². The Balaban J connectivity index is 1.70. The SMILES string of the molecule is CCOc1ccc(C(=O)NCc2nc3ccccc3[nH]2)cc1OC. The van der Waals surface area contributed by atoms with E-state index in [1.807, 2.05) is 31.2 Å². The van der Waals surface area contributed by atoms with Crippen LogP contribution in [0.15, 0.2) is 42.5 Å². The van der Waals surface area contributed by atoms with Crippen LogP contribution in [-0.2, 0) is 6.54 Å². The van der Waals surface area contributed by atoms with E-state index >= 15 is 0 Å². The normalized spacial score (nSPS) is 10.6. The fourth-order valence-corrected chi connectivity index (χ4v) is 2.44. The molecule has 0 unspecified atom stereocenters. The van der Waals surface area contributed by atoms with Crippen LogP contribution < -0.4 is 14.8 Å². The maximum absolute atomic E-state index is 12.3. The van der Waals surface area contributed by atoms with Crippen molar-refractivity contribution in [3.63, 3.8) is 0 Å². The summed E-state index contributed by atoms with van der Waals surface area (Å²) in [4.78, 5) is 19.9. The number of nitrogens with zero attached hydrogens (tertiary/aromatic N) is 1. The minimum atomic E-state index is -0.197. The van der Waals surface area contributed by atoms with Gasteiger partial charge in [-0.3, -0.25) is 4.79 Å². The molecular formula is C18H19N3O3. The molecule has 6 nitrogen and oxygen atoms in total. The minimum absolute atomic E-state index is 0.197. The lowest BCUT2D eigenvalue weighted by molar-refractivity contribution is 0.0949. The number of aromatic nitrogens is 2. The number of methoxy groups -OCH3 is 1. The van der Waals surface area contributed by atoms with E-state index in [1.54, 1.807) is 25.3 Å². The van der Waals surface area contributed by atoms with Gasteiger partial charge in [-0.05, 0) is 37.3 Å². The molecule has 2 aromatic carbocycles. The maximum atomic E-state index is 12.3. The topological polar surface area (TPSA) is 76.2 Å². The molecule has 1 heterocycles. The number of H-pyrrole nitrogens is 1. The molecule has 1 aromatic heterocycles. The first kappa shape index (κ1) is 15.9. The summed E-state index contributed by atoms with van der Waals surface area (Å²) in [5.74, 6) is 1.67. The van der Waals surface area contributed by atoms with Gasteiger partial charge in [-0.2, -0.15) is 0 Å². The second kappa shape index (κ2) is 7.04. The molecule has 0 bridgehead atoms. The summed E-state index contributed by atoms with van der Waals surface area (Å²) in [6, 6.07) is 12.9. The molecule has 0 radical (unpaired) electrons. The molecule has 24 heavy (non-hydrogen) atoms. The molecule has 0 aliphatic rings. The predicted molar refractivity (Wildman–Crippen MR) is 91.4 cm³/mol. The van der Waals surface area contributed by atoms with Crippen molar-refractivity contribution < 1.29 is 14.3 Å². The van der Waals surface area contributed by atoms with Crippen LogP contribution in [0.4, 0.5) is 0 Å². The van der Waals surface area contributed by atoms with E-state index in [2.05, 4.69) is 15.3 Å². The van der Waals surface area contributed by atoms with Crippen LogP contribution in [0, 0.1) is 0 Å². The Bertz CT molecular complexity index is 825. The number of hydrogen-bond acceptors (Lipinski definition) is 4. The largest absolute Gasteiger partial charge is 0.493 e. The van der Waals surface area contributed by atoms with Gasteiger partial charge in [0.2, 0.25) is 0 Å². The zero-order valence-electron chi connectivity index (χ0n) is 13.6. The molecule has 0 fully saturated rings. The van der Waals surface area contributed by atoms with E-state index in [-0.39, 0.29) is 5.91 Å². The summed E-state index contributed by atoms with van der Waals surface area (Å²) in [6.45, 7) is 2.75. The summed E-state index contributed by atoms with van der Waals surface area (Å²) in [5, 5.41) is 2.85. The zero-order chi connectivity index (χ0) is 16.9. The van der Waals surface area contributed by atoms with Crippen molar-refractivity contribution in [1.82, 2.24) is 15.3 Å². The van der Waals surface area contributed by atoms with Gasteiger partial charge in [0.05, 0.1) is 31.3 Å². The van der Waals surface area contributed by atoms with Gasteiger partial charge in [-0.25, -0.2) is 4.98 Å². The first-order chi connectivity index (χ1) is 11.7. The molecular weight excluding hydrogens is 306 g/mol. The van der Waals surface area contributed by atoms with Crippen molar-refractivity contribution in [1.29, 1.82) is 0 Å². The van der Waals surface area contributed by atoms with Crippen LogP contribution in [0.25, 0.3) is 11.0 Å². The molecule has 0 aliphatic carbocycles. The highest BCUT2D eigenvalue weighted by molar-refractivity contribution is 5.94. The third kappa shape index (κ3) is 3.32. The second-order valence-corrected chi connectivity index (χ2v) is 5.18. The minimum Gasteiger partial charge on any atom is -0.493 e. The molecule has 0 atom stereocenters. The lowest BCUT2D eigenvalue weighted by Crippen LogP contribution is -2.23. The fraction of sp³-hybridized carbons (Fsp3) is 0.222. The highest BCUT2D eigenvalue weighted by Gasteiger charge is 2.11. The number of ether oxygens (including phenoxy) is 2. The molecule has 3 aromatic rings. The summed E-state index contributed by atoms with van der Waals surface area (Å²) in [7, 11) is 1.55. The molecule has 0 saturated heterocycles. The molecule has 0 aliphatic heterocycles. The number of carbonyl (C=O) groups excluding carboxylic acids is 1. The number of nitrogens with one attached hydrogen (secondary N) is 2.